The smallest absolute Gasteiger partial charge is 0.255 e. The molecule has 1 heterocycles. The lowest BCUT2D eigenvalue weighted by atomic mass is 10.0. The van der Waals surface area contributed by atoms with E-state index in [1.165, 1.54) is 0 Å². The highest BCUT2D eigenvalue weighted by Gasteiger charge is 2.23. The normalized spacial score (nSPS) is 15.5. The fourth-order valence-corrected chi connectivity index (χ4v) is 3.84. The van der Waals surface area contributed by atoms with Crippen molar-refractivity contribution in [1.82, 2.24) is 10.2 Å². The van der Waals surface area contributed by atoms with E-state index in [1.807, 2.05) is 31.2 Å². The lowest BCUT2D eigenvalue weighted by molar-refractivity contribution is 0.0124. The van der Waals surface area contributed by atoms with Crippen molar-refractivity contribution in [3.05, 3.63) is 65.2 Å². The van der Waals surface area contributed by atoms with Gasteiger partial charge < -0.3 is 15.4 Å². The summed E-state index contributed by atoms with van der Waals surface area (Å²) in [6.07, 6.45) is 1.02. The molecule has 0 aliphatic carbocycles. The van der Waals surface area contributed by atoms with E-state index >= 15 is 0 Å². The number of hydrogen-bond donors (Lipinski definition) is 2. The van der Waals surface area contributed by atoms with Crippen LogP contribution in [0.4, 0.5) is 5.69 Å². The summed E-state index contributed by atoms with van der Waals surface area (Å²) in [7, 11) is 0. The molecule has 0 saturated carbocycles. The van der Waals surface area contributed by atoms with Crippen molar-refractivity contribution in [2.24, 2.45) is 5.92 Å². The van der Waals surface area contributed by atoms with Gasteiger partial charge in [0.1, 0.15) is 0 Å². The average Bonchev–Trinajstić information content (AvgIpc) is 2.78. The molecule has 1 aliphatic rings. The molecule has 1 saturated heterocycles. The Labute approximate surface area is 185 Å². The number of rotatable bonds is 8. The summed E-state index contributed by atoms with van der Waals surface area (Å²) in [6.45, 7) is 10.2. The number of morpholine rings is 1. The fraction of sp³-hybridized carbons (Fsp3) is 0.440. The van der Waals surface area contributed by atoms with Crippen LogP contribution in [0.15, 0.2) is 48.5 Å². The third-order valence-electron chi connectivity index (χ3n) is 5.59. The summed E-state index contributed by atoms with van der Waals surface area (Å²) in [6, 6.07) is 14.8. The van der Waals surface area contributed by atoms with Gasteiger partial charge in [-0.1, -0.05) is 38.1 Å². The minimum absolute atomic E-state index is 0.128. The molecule has 1 atom stereocenters. The van der Waals surface area contributed by atoms with Crippen LogP contribution in [0.1, 0.15) is 46.5 Å². The second-order valence-corrected chi connectivity index (χ2v) is 8.49. The minimum atomic E-state index is -0.189. The Hall–Kier alpha value is -2.70. The molecule has 3 rings (SSSR count). The van der Waals surface area contributed by atoms with E-state index in [0.29, 0.717) is 29.3 Å². The quantitative estimate of drug-likeness (QED) is 0.679. The van der Waals surface area contributed by atoms with E-state index < -0.39 is 0 Å². The number of anilines is 1. The van der Waals surface area contributed by atoms with Gasteiger partial charge in [-0.2, -0.15) is 0 Å². The Morgan fingerprint density at radius 2 is 1.71 bits per heavy atom. The van der Waals surface area contributed by atoms with Crippen molar-refractivity contribution in [2.45, 2.75) is 33.2 Å². The lowest BCUT2D eigenvalue weighted by Crippen LogP contribution is -2.49. The molecule has 0 aromatic heterocycles. The number of nitrogens with one attached hydrogen (secondary N) is 2. The van der Waals surface area contributed by atoms with Gasteiger partial charge in [-0.3, -0.25) is 14.5 Å². The first kappa shape index (κ1) is 23.0. The van der Waals surface area contributed by atoms with Crippen LogP contribution in [0.2, 0.25) is 0 Å². The molecule has 1 fully saturated rings. The number of carbonyl (C=O) groups excluding carboxylic acids is 2. The maximum Gasteiger partial charge on any atom is 0.255 e. The first-order valence-electron chi connectivity index (χ1n) is 11.0. The lowest BCUT2D eigenvalue weighted by Gasteiger charge is -2.35. The summed E-state index contributed by atoms with van der Waals surface area (Å²) in [5.41, 5.74) is 2.68. The molecule has 0 radical (unpaired) electrons. The third-order valence-corrected chi connectivity index (χ3v) is 5.59. The zero-order chi connectivity index (χ0) is 22.2. The van der Waals surface area contributed by atoms with Crippen molar-refractivity contribution in [2.75, 3.05) is 38.2 Å². The molecule has 0 bridgehead atoms. The standard InChI is InChI=1S/C25H33N3O3/c1-18(2)15-22(28-11-13-31-14-12-28)17-26-24(29)21-10-9-19(3)23(16-21)27-25(30)20-7-5-4-6-8-20/h4-10,16,18,22H,11-15,17H2,1-3H3,(H,26,29)(H,27,30). The summed E-state index contributed by atoms with van der Waals surface area (Å²) in [5, 5.41) is 6.02. The number of aryl methyl sites for hydroxylation is 1. The van der Waals surface area contributed by atoms with Gasteiger partial charge >= 0.3 is 0 Å². The monoisotopic (exact) mass is 423 g/mol. The molecule has 6 nitrogen and oxygen atoms in total. The number of carbonyl (C=O) groups is 2. The fourth-order valence-electron chi connectivity index (χ4n) is 3.84. The number of benzene rings is 2. The minimum Gasteiger partial charge on any atom is -0.379 e. The van der Waals surface area contributed by atoms with Crippen LogP contribution >= 0.6 is 0 Å². The summed E-state index contributed by atoms with van der Waals surface area (Å²) in [5.74, 6) is 0.228. The van der Waals surface area contributed by atoms with Crippen molar-refractivity contribution in [3.8, 4) is 0 Å². The zero-order valence-electron chi connectivity index (χ0n) is 18.7. The third kappa shape index (κ3) is 6.64. The highest BCUT2D eigenvalue weighted by atomic mass is 16.5. The summed E-state index contributed by atoms with van der Waals surface area (Å²) in [4.78, 5) is 27.8. The van der Waals surface area contributed by atoms with Gasteiger partial charge in [0.25, 0.3) is 11.8 Å². The van der Waals surface area contributed by atoms with Crippen molar-refractivity contribution in [1.29, 1.82) is 0 Å². The molecule has 166 valence electrons. The highest BCUT2D eigenvalue weighted by molar-refractivity contribution is 6.05. The Morgan fingerprint density at radius 1 is 1.00 bits per heavy atom. The van der Waals surface area contributed by atoms with Crippen LogP contribution < -0.4 is 10.6 Å². The maximum absolute atomic E-state index is 12.9. The van der Waals surface area contributed by atoms with Crippen LogP contribution in [0, 0.1) is 12.8 Å². The second kappa shape index (κ2) is 11.1. The molecule has 0 spiro atoms. The van der Waals surface area contributed by atoms with E-state index in [2.05, 4.69) is 29.4 Å². The van der Waals surface area contributed by atoms with Crippen molar-refractivity contribution >= 4 is 17.5 Å². The van der Waals surface area contributed by atoms with Crippen LogP contribution in [0.3, 0.4) is 0 Å². The zero-order valence-corrected chi connectivity index (χ0v) is 18.7. The first-order chi connectivity index (χ1) is 14.9. The molecule has 1 aliphatic heterocycles. The van der Waals surface area contributed by atoms with E-state index in [0.717, 1.165) is 38.3 Å². The van der Waals surface area contributed by atoms with Crippen LogP contribution in [0.5, 0.6) is 0 Å². The summed E-state index contributed by atoms with van der Waals surface area (Å²) >= 11 is 0. The van der Waals surface area contributed by atoms with Crippen molar-refractivity contribution < 1.29 is 14.3 Å². The van der Waals surface area contributed by atoms with E-state index in [1.54, 1.807) is 24.3 Å². The average molecular weight is 424 g/mol. The van der Waals surface area contributed by atoms with Gasteiger partial charge in [-0.15, -0.1) is 0 Å². The van der Waals surface area contributed by atoms with E-state index in [9.17, 15) is 9.59 Å². The Kier molecular flexibility index (Phi) is 8.20. The number of ether oxygens (including phenoxy) is 1. The topological polar surface area (TPSA) is 70.7 Å². The Bertz CT molecular complexity index is 877. The predicted octanol–water partition coefficient (Wildman–Crippen LogP) is 3.72. The molecule has 1 unspecified atom stereocenters. The van der Waals surface area contributed by atoms with Crippen molar-refractivity contribution in [3.63, 3.8) is 0 Å². The molecule has 2 N–H and O–H groups in total. The molecular weight excluding hydrogens is 390 g/mol. The Balaban J connectivity index is 1.65. The summed E-state index contributed by atoms with van der Waals surface area (Å²) < 4.78 is 5.47. The number of nitrogens with zero attached hydrogens (tertiary/aromatic N) is 1. The second-order valence-electron chi connectivity index (χ2n) is 8.49. The number of amides is 2. The van der Waals surface area contributed by atoms with Gasteiger partial charge in [0.2, 0.25) is 0 Å². The van der Waals surface area contributed by atoms with E-state index in [-0.39, 0.29) is 17.9 Å². The molecule has 2 amide bonds. The van der Waals surface area contributed by atoms with E-state index in [4.69, 9.17) is 4.74 Å². The molecule has 2 aromatic carbocycles. The van der Waals surface area contributed by atoms with Crippen LogP contribution in [-0.4, -0.2) is 55.6 Å². The highest BCUT2D eigenvalue weighted by Crippen LogP contribution is 2.19. The van der Waals surface area contributed by atoms with Gasteiger partial charge in [0, 0.05) is 42.5 Å². The molecule has 2 aromatic rings. The van der Waals surface area contributed by atoms with Crippen LogP contribution in [0.25, 0.3) is 0 Å². The first-order valence-corrected chi connectivity index (χ1v) is 11.0. The number of hydrogen-bond acceptors (Lipinski definition) is 4. The molecule has 6 heteroatoms. The largest absolute Gasteiger partial charge is 0.379 e. The maximum atomic E-state index is 12.9. The SMILES string of the molecule is Cc1ccc(C(=O)NCC(CC(C)C)N2CCOCC2)cc1NC(=O)c1ccccc1. The van der Waals surface area contributed by atoms with Crippen LogP contribution in [-0.2, 0) is 4.74 Å². The predicted molar refractivity (Wildman–Crippen MR) is 124 cm³/mol. The van der Waals surface area contributed by atoms with Gasteiger partial charge in [0.15, 0.2) is 0 Å². The molecular formula is C25H33N3O3. The van der Waals surface area contributed by atoms with Gasteiger partial charge in [-0.25, -0.2) is 0 Å². The van der Waals surface area contributed by atoms with Gasteiger partial charge in [-0.05, 0) is 49.1 Å². The molecule has 31 heavy (non-hydrogen) atoms. The van der Waals surface area contributed by atoms with Gasteiger partial charge in [0.05, 0.1) is 13.2 Å². The Morgan fingerprint density at radius 3 is 2.39 bits per heavy atom.